The normalized spacial score (nSPS) is 12.5. The summed E-state index contributed by atoms with van der Waals surface area (Å²) in [6.07, 6.45) is -3.11. The Bertz CT molecular complexity index is 1320. The lowest BCUT2D eigenvalue weighted by atomic mass is 10.1. The number of carbonyl (C=O) groups is 1. The third-order valence-corrected chi connectivity index (χ3v) is 5.98. The van der Waals surface area contributed by atoms with Crippen LogP contribution in [0.3, 0.4) is 0 Å². The van der Waals surface area contributed by atoms with Gasteiger partial charge in [0.1, 0.15) is 6.26 Å². The van der Waals surface area contributed by atoms with Crippen molar-refractivity contribution in [3.8, 4) is 0 Å². The maximum Gasteiger partial charge on any atom is 0.416 e. The monoisotopic (exact) mass is 507 g/mol. The zero-order chi connectivity index (χ0) is 26.4. The molecule has 0 unspecified atom stereocenters. The summed E-state index contributed by atoms with van der Waals surface area (Å²) in [7, 11) is 0. The van der Waals surface area contributed by atoms with E-state index < -0.39 is 11.7 Å². The fourth-order valence-electron chi connectivity index (χ4n) is 4.00. The number of benzene rings is 3. The van der Waals surface area contributed by atoms with Crippen LogP contribution >= 0.6 is 0 Å². The van der Waals surface area contributed by atoms with E-state index in [0.717, 1.165) is 28.8 Å². The van der Waals surface area contributed by atoms with Gasteiger partial charge in [-0.3, -0.25) is 9.69 Å². The van der Waals surface area contributed by atoms with Crippen molar-refractivity contribution in [3.63, 3.8) is 0 Å². The lowest BCUT2D eigenvalue weighted by Gasteiger charge is -2.22. The molecule has 0 aliphatic carbocycles. The number of rotatable bonds is 9. The van der Waals surface area contributed by atoms with E-state index in [0.29, 0.717) is 18.0 Å². The Kier molecular flexibility index (Phi) is 8.08. The lowest BCUT2D eigenvalue weighted by Crippen LogP contribution is -2.27. The van der Waals surface area contributed by atoms with Crippen LogP contribution in [0.25, 0.3) is 0 Å². The first kappa shape index (κ1) is 26.2. The van der Waals surface area contributed by atoms with Crippen LogP contribution in [0.15, 0.2) is 89.5 Å². The molecule has 1 N–H and O–H groups in total. The molecular weight excluding hydrogens is 479 g/mol. The lowest BCUT2D eigenvalue weighted by molar-refractivity contribution is -0.137. The predicted octanol–water partition coefficient (Wildman–Crippen LogP) is 6.70. The van der Waals surface area contributed by atoms with E-state index in [1.165, 1.54) is 12.3 Å². The van der Waals surface area contributed by atoms with Gasteiger partial charge in [0.25, 0.3) is 5.91 Å². The number of carbonyl (C=O) groups excluding carboxylic acids is 1. The minimum atomic E-state index is -4.42. The van der Waals surface area contributed by atoms with Crippen molar-refractivity contribution in [2.24, 2.45) is 0 Å². The number of aryl methyl sites for hydroxylation is 1. The van der Waals surface area contributed by atoms with Gasteiger partial charge in [-0.1, -0.05) is 78.4 Å². The van der Waals surface area contributed by atoms with Gasteiger partial charge >= 0.3 is 6.18 Å². The fourth-order valence-corrected chi connectivity index (χ4v) is 4.00. The van der Waals surface area contributed by atoms with Gasteiger partial charge in [-0.2, -0.15) is 13.2 Å². The number of oxazole rings is 1. The smallest absolute Gasteiger partial charge is 0.416 e. The number of nitrogens with zero attached hydrogens (tertiary/aromatic N) is 2. The molecule has 37 heavy (non-hydrogen) atoms. The standard InChI is InChI=1S/C29H28F3N3O2/c1-20-11-13-22(14-12-20)16-35(17-23-7-6-10-25(15-23)29(30,31)32)18-27-34-26(19-37-27)28(36)33-21(2)24-8-4-3-5-9-24/h3-15,19,21H,16-18H2,1-2H3,(H,33,36)/t21-/m1/s1. The highest BCUT2D eigenvalue weighted by molar-refractivity contribution is 5.92. The predicted molar refractivity (Wildman–Crippen MR) is 134 cm³/mol. The number of hydrogen-bond acceptors (Lipinski definition) is 4. The fraction of sp³-hybridized carbons (Fsp3) is 0.241. The van der Waals surface area contributed by atoms with Gasteiger partial charge in [-0.15, -0.1) is 0 Å². The summed E-state index contributed by atoms with van der Waals surface area (Å²) in [5.41, 5.74) is 3.04. The molecule has 0 fully saturated rings. The van der Waals surface area contributed by atoms with Gasteiger partial charge in [0.05, 0.1) is 18.2 Å². The van der Waals surface area contributed by atoms with Crippen LogP contribution in [0, 0.1) is 6.92 Å². The first-order valence-electron chi connectivity index (χ1n) is 11.9. The molecule has 4 aromatic rings. The van der Waals surface area contributed by atoms with Crippen molar-refractivity contribution in [2.45, 2.75) is 45.7 Å². The topological polar surface area (TPSA) is 58.4 Å². The van der Waals surface area contributed by atoms with Gasteiger partial charge in [0.15, 0.2) is 5.69 Å². The average molecular weight is 508 g/mol. The van der Waals surface area contributed by atoms with E-state index in [2.05, 4.69) is 10.3 Å². The summed E-state index contributed by atoms with van der Waals surface area (Å²) in [6.45, 7) is 4.79. The Morgan fingerprint density at radius 3 is 2.35 bits per heavy atom. The van der Waals surface area contributed by atoms with Gasteiger partial charge in [0.2, 0.25) is 5.89 Å². The second kappa shape index (κ2) is 11.4. The molecule has 8 heteroatoms. The van der Waals surface area contributed by atoms with Crippen LogP contribution in [0.5, 0.6) is 0 Å². The van der Waals surface area contributed by atoms with Crippen LogP contribution in [0.1, 0.15) is 57.2 Å². The van der Waals surface area contributed by atoms with Gasteiger partial charge in [-0.25, -0.2) is 4.98 Å². The Morgan fingerprint density at radius 2 is 1.65 bits per heavy atom. The maximum absolute atomic E-state index is 13.2. The van der Waals surface area contributed by atoms with Crippen LogP contribution < -0.4 is 5.32 Å². The molecule has 0 saturated heterocycles. The molecule has 5 nitrogen and oxygen atoms in total. The van der Waals surface area contributed by atoms with E-state index in [9.17, 15) is 18.0 Å². The molecule has 1 atom stereocenters. The Labute approximate surface area is 214 Å². The van der Waals surface area contributed by atoms with Crippen LogP contribution in [-0.2, 0) is 25.8 Å². The molecule has 1 heterocycles. The number of aromatic nitrogens is 1. The van der Waals surface area contributed by atoms with E-state index >= 15 is 0 Å². The molecule has 4 rings (SSSR count). The zero-order valence-corrected chi connectivity index (χ0v) is 20.6. The SMILES string of the molecule is Cc1ccc(CN(Cc2cccc(C(F)(F)F)c2)Cc2nc(C(=O)N[C@H](C)c3ccccc3)co2)cc1. The largest absolute Gasteiger partial charge is 0.447 e. The molecule has 3 aromatic carbocycles. The van der Waals surface area contributed by atoms with Crippen molar-refractivity contribution in [1.82, 2.24) is 15.2 Å². The zero-order valence-electron chi connectivity index (χ0n) is 20.6. The van der Waals surface area contributed by atoms with Gasteiger partial charge in [-0.05, 0) is 36.6 Å². The van der Waals surface area contributed by atoms with Gasteiger partial charge in [0, 0.05) is 13.1 Å². The molecule has 0 spiro atoms. The first-order chi connectivity index (χ1) is 17.7. The summed E-state index contributed by atoms with van der Waals surface area (Å²) in [4.78, 5) is 19.0. The highest BCUT2D eigenvalue weighted by Gasteiger charge is 2.30. The van der Waals surface area contributed by atoms with E-state index in [4.69, 9.17) is 4.42 Å². The Hall–Kier alpha value is -3.91. The number of halogens is 3. The molecule has 1 aromatic heterocycles. The highest BCUT2D eigenvalue weighted by atomic mass is 19.4. The molecule has 0 aliphatic rings. The molecule has 1 amide bonds. The third-order valence-electron chi connectivity index (χ3n) is 5.98. The van der Waals surface area contributed by atoms with Crippen molar-refractivity contribution >= 4 is 5.91 Å². The molecule has 0 bridgehead atoms. The third kappa shape index (κ3) is 7.30. The summed E-state index contributed by atoms with van der Waals surface area (Å²) >= 11 is 0. The summed E-state index contributed by atoms with van der Waals surface area (Å²) < 4.78 is 45.3. The van der Waals surface area contributed by atoms with Crippen LogP contribution in [0.2, 0.25) is 0 Å². The highest BCUT2D eigenvalue weighted by Crippen LogP contribution is 2.30. The maximum atomic E-state index is 13.2. The molecule has 0 radical (unpaired) electrons. The van der Waals surface area contributed by atoms with Crippen molar-refractivity contribution < 1.29 is 22.4 Å². The van der Waals surface area contributed by atoms with Crippen molar-refractivity contribution in [3.05, 3.63) is 125 Å². The summed E-state index contributed by atoms with van der Waals surface area (Å²) in [5, 5.41) is 2.90. The number of nitrogens with one attached hydrogen (secondary N) is 1. The minimum Gasteiger partial charge on any atom is -0.447 e. The second-order valence-electron chi connectivity index (χ2n) is 9.06. The molecule has 0 aliphatic heterocycles. The molecular formula is C29H28F3N3O2. The van der Waals surface area contributed by atoms with E-state index in [1.807, 2.05) is 73.3 Å². The van der Waals surface area contributed by atoms with Crippen LogP contribution in [-0.4, -0.2) is 15.8 Å². The summed E-state index contributed by atoms with van der Waals surface area (Å²) in [5.74, 6) is -0.0640. The quantitative estimate of drug-likeness (QED) is 0.274. The minimum absolute atomic E-state index is 0.145. The van der Waals surface area contributed by atoms with Crippen molar-refractivity contribution in [2.75, 3.05) is 0 Å². The molecule has 192 valence electrons. The van der Waals surface area contributed by atoms with Gasteiger partial charge < -0.3 is 9.73 Å². The Morgan fingerprint density at radius 1 is 0.946 bits per heavy atom. The number of hydrogen-bond donors (Lipinski definition) is 1. The van der Waals surface area contributed by atoms with E-state index in [1.54, 1.807) is 6.07 Å². The Balaban J connectivity index is 1.49. The van der Waals surface area contributed by atoms with E-state index in [-0.39, 0.29) is 30.7 Å². The average Bonchev–Trinajstić information content (AvgIpc) is 3.34. The summed E-state index contributed by atoms with van der Waals surface area (Å²) in [6, 6.07) is 22.6. The number of alkyl halides is 3. The number of amides is 1. The van der Waals surface area contributed by atoms with Crippen LogP contribution in [0.4, 0.5) is 13.2 Å². The molecule has 0 saturated carbocycles. The first-order valence-corrected chi connectivity index (χ1v) is 11.9. The van der Waals surface area contributed by atoms with Crippen molar-refractivity contribution in [1.29, 1.82) is 0 Å². The second-order valence-corrected chi connectivity index (χ2v) is 9.06.